The Morgan fingerprint density at radius 3 is 1.23 bits per heavy atom. The molecule has 14 nitrogen and oxygen atoms in total. The smallest absolute Gasteiger partial charge is 0.407 e. The first kappa shape index (κ1) is 67.5. The van der Waals surface area contributed by atoms with Crippen molar-refractivity contribution in [1.82, 2.24) is 37.2 Å². The van der Waals surface area contributed by atoms with Crippen molar-refractivity contribution in [2.24, 2.45) is 11.5 Å². The van der Waals surface area contributed by atoms with Crippen molar-refractivity contribution in [3.63, 3.8) is 0 Å². The van der Waals surface area contributed by atoms with Crippen LogP contribution >= 0.6 is 0 Å². The molecule has 0 aromatic rings. The molecule has 0 aromatic heterocycles. The third kappa shape index (κ3) is 51.9. The van der Waals surface area contributed by atoms with Gasteiger partial charge in [-0.3, -0.25) is 4.79 Å². The van der Waals surface area contributed by atoms with Gasteiger partial charge in [-0.2, -0.15) is 0 Å². The molecule has 70 heavy (non-hydrogen) atoms. The summed E-state index contributed by atoms with van der Waals surface area (Å²) in [5, 5.41) is 22.6. The molecule has 11 N–H and O–H groups in total. The molecule has 414 valence electrons. The molecule has 14 heteroatoms. The van der Waals surface area contributed by atoms with Crippen LogP contribution in [0.1, 0.15) is 232 Å². The van der Waals surface area contributed by atoms with Gasteiger partial charge in [0, 0.05) is 19.5 Å². The molecule has 0 rings (SSSR count). The molecule has 0 bridgehead atoms. The summed E-state index contributed by atoms with van der Waals surface area (Å²) in [6.07, 6.45) is 41.2. The summed E-state index contributed by atoms with van der Waals surface area (Å²) in [5.41, 5.74) is 11.1. The van der Waals surface area contributed by atoms with E-state index in [0.717, 1.165) is 142 Å². The van der Waals surface area contributed by atoms with Crippen LogP contribution in [-0.4, -0.2) is 115 Å². The molecule has 0 radical (unpaired) electrons. The first-order valence-corrected chi connectivity index (χ1v) is 29.5. The van der Waals surface area contributed by atoms with Gasteiger partial charge in [0.1, 0.15) is 18.8 Å². The summed E-state index contributed by atoms with van der Waals surface area (Å²) >= 11 is 0. The maximum Gasteiger partial charge on any atom is 0.407 e. The normalized spacial score (nSPS) is 12.3. The molecule has 0 aliphatic heterocycles. The molecular formula is C56H115N9O5. The number of rotatable bonds is 56. The van der Waals surface area contributed by atoms with E-state index in [1.54, 1.807) is 0 Å². The zero-order chi connectivity index (χ0) is 50.9. The average molecular weight is 995 g/mol. The standard InChI is InChI=1S/C56H115N9O5/c1-3-5-7-9-11-13-15-17-19-21-23-25-27-37-53(70-56(68)64-50-36-48-62-44-32-30-42-60-46-34-40-58)52(51-69-55(67)63-49-35-47-61-43-31-29-41-59-45-33-39-57)65-54(66)38-28-26-24-22-20-18-16-14-12-10-8-6-4-2/h27,37,52-53,59-62H,3-26,28-36,38-51,57-58H2,1-2H3,(H,63,67)(H,64,68)(H,65,66)/b37-27+/t52-,53+/m0/s1. The number of alkyl carbamates (subject to hydrolysis) is 2. The molecule has 0 heterocycles. The lowest BCUT2D eigenvalue weighted by atomic mass is 10.0. The highest BCUT2D eigenvalue weighted by Crippen LogP contribution is 2.15. The Morgan fingerprint density at radius 2 is 0.800 bits per heavy atom. The van der Waals surface area contributed by atoms with Crippen LogP contribution < -0.4 is 48.7 Å². The molecule has 0 saturated heterocycles. The highest BCUT2D eigenvalue weighted by Gasteiger charge is 2.27. The van der Waals surface area contributed by atoms with Crippen LogP contribution in [0.4, 0.5) is 9.59 Å². The van der Waals surface area contributed by atoms with Gasteiger partial charge in [-0.1, -0.05) is 161 Å². The SMILES string of the molecule is CCCCCCCCCCCCC/C=C/[C@@H](OC(=O)NCCCNCCCCNCCCN)[C@H](COC(=O)NCCCNCCCCNCCCN)NC(=O)CCCCCCCCCCCCCCC. The number of allylic oxidation sites excluding steroid dienone is 1. The molecular weight excluding hydrogens is 879 g/mol. The lowest BCUT2D eigenvalue weighted by molar-refractivity contribution is -0.123. The molecule has 0 aliphatic rings. The van der Waals surface area contributed by atoms with Crippen LogP contribution in [0.25, 0.3) is 0 Å². The van der Waals surface area contributed by atoms with E-state index in [2.05, 4.69) is 57.1 Å². The fraction of sp³-hybridized carbons (Fsp3) is 0.911. The number of hydrogen-bond donors (Lipinski definition) is 9. The molecule has 0 unspecified atom stereocenters. The number of carbonyl (C=O) groups excluding carboxylic acids is 3. The highest BCUT2D eigenvalue weighted by molar-refractivity contribution is 5.76. The van der Waals surface area contributed by atoms with Crippen molar-refractivity contribution in [1.29, 1.82) is 0 Å². The zero-order valence-electron chi connectivity index (χ0n) is 45.7. The summed E-state index contributed by atoms with van der Waals surface area (Å²) in [6.45, 7) is 14.1. The topological polar surface area (TPSA) is 206 Å². The zero-order valence-corrected chi connectivity index (χ0v) is 45.7. The lowest BCUT2D eigenvalue weighted by Gasteiger charge is -2.26. The number of carbonyl (C=O) groups is 3. The van der Waals surface area contributed by atoms with E-state index in [1.165, 1.54) is 122 Å². The summed E-state index contributed by atoms with van der Waals surface area (Å²) in [7, 11) is 0. The van der Waals surface area contributed by atoms with Gasteiger partial charge >= 0.3 is 12.2 Å². The maximum absolute atomic E-state index is 13.5. The second-order valence-corrected chi connectivity index (χ2v) is 19.6. The first-order chi connectivity index (χ1) is 34.5. The van der Waals surface area contributed by atoms with Crippen molar-refractivity contribution < 1.29 is 23.9 Å². The Labute approximate surface area is 430 Å². The third-order valence-electron chi connectivity index (χ3n) is 12.8. The van der Waals surface area contributed by atoms with Gasteiger partial charge in [0.25, 0.3) is 0 Å². The Morgan fingerprint density at radius 1 is 0.429 bits per heavy atom. The van der Waals surface area contributed by atoms with Crippen molar-refractivity contribution in [2.75, 3.05) is 85.1 Å². The molecule has 0 fully saturated rings. The number of nitrogens with one attached hydrogen (secondary N) is 7. The predicted molar refractivity (Wildman–Crippen MR) is 297 cm³/mol. The van der Waals surface area contributed by atoms with E-state index in [0.29, 0.717) is 32.6 Å². The van der Waals surface area contributed by atoms with Crippen LogP contribution in [0, 0.1) is 0 Å². The van der Waals surface area contributed by atoms with Gasteiger partial charge in [-0.25, -0.2) is 9.59 Å². The monoisotopic (exact) mass is 994 g/mol. The number of nitrogens with two attached hydrogens (primary N) is 2. The maximum atomic E-state index is 13.5. The summed E-state index contributed by atoms with van der Waals surface area (Å²) in [4.78, 5) is 39.8. The molecule has 3 amide bonds. The Hall–Kier alpha value is -2.49. The summed E-state index contributed by atoms with van der Waals surface area (Å²) in [5.74, 6) is -0.125. The molecule has 0 aliphatic carbocycles. The van der Waals surface area contributed by atoms with Gasteiger partial charge in [0.2, 0.25) is 5.91 Å². The molecule has 2 atom stereocenters. The average Bonchev–Trinajstić information content (AvgIpc) is 3.36. The van der Waals surface area contributed by atoms with E-state index in [4.69, 9.17) is 20.9 Å². The third-order valence-corrected chi connectivity index (χ3v) is 12.8. The largest absolute Gasteiger partial charge is 0.447 e. The Balaban J connectivity index is 5.32. The van der Waals surface area contributed by atoms with Crippen LogP contribution in [0.5, 0.6) is 0 Å². The number of hydrogen-bond acceptors (Lipinski definition) is 11. The van der Waals surface area contributed by atoms with Crippen molar-refractivity contribution >= 4 is 18.1 Å². The lowest BCUT2D eigenvalue weighted by Crippen LogP contribution is -2.49. The molecule has 0 spiro atoms. The van der Waals surface area contributed by atoms with Gasteiger partial charge in [0.05, 0.1) is 0 Å². The van der Waals surface area contributed by atoms with Gasteiger partial charge in [0.15, 0.2) is 0 Å². The van der Waals surface area contributed by atoms with Crippen LogP contribution in [0.3, 0.4) is 0 Å². The van der Waals surface area contributed by atoms with E-state index in [-0.39, 0.29) is 12.5 Å². The number of unbranched alkanes of at least 4 members (excludes halogenated alkanes) is 25. The minimum atomic E-state index is -0.812. The Kier molecular flexibility index (Phi) is 55.4. The van der Waals surface area contributed by atoms with Crippen LogP contribution in [-0.2, 0) is 14.3 Å². The molecule has 0 aromatic carbocycles. The quantitative estimate of drug-likeness (QED) is 0.0207. The Bertz CT molecular complexity index is 1140. The number of amides is 3. The van der Waals surface area contributed by atoms with E-state index >= 15 is 0 Å². The van der Waals surface area contributed by atoms with Crippen LogP contribution in [0.2, 0.25) is 0 Å². The minimum Gasteiger partial charge on any atom is -0.447 e. The van der Waals surface area contributed by atoms with Crippen molar-refractivity contribution in [2.45, 2.75) is 244 Å². The van der Waals surface area contributed by atoms with E-state index in [9.17, 15) is 14.4 Å². The van der Waals surface area contributed by atoms with E-state index < -0.39 is 24.3 Å². The van der Waals surface area contributed by atoms with Crippen LogP contribution in [0.15, 0.2) is 12.2 Å². The number of ether oxygens (including phenoxy) is 2. The summed E-state index contributed by atoms with van der Waals surface area (Å²) < 4.78 is 11.8. The van der Waals surface area contributed by atoms with Crippen molar-refractivity contribution in [3.05, 3.63) is 12.2 Å². The summed E-state index contributed by atoms with van der Waals surface area (Å²) in [6, 6.07) is -0.738. The second kappa shape index (κ2) is 57.4. The van der Waals surface area contributed by atoms with Crippen molar-refractivity contribution in [3.8, 4) is 0 Å². The van der Waals surface area contributed by atoms with E-state index in [1.807, 2.05) is 6.08 Å². The molecule has 0 saturated carbocycles. The fourth-order valence-electron chi connectivity index (χ4n) is 8.36. The second-order valence-electron chi connectivity index (χ2n) is 19.6. The van der Waals surface area contributed by atoms with Gasteiger partial charge in [-0.05, 0) is 142 Å². The van der Waals surface area contributed by atoms with Gasteiger partial charge in [-0.15, -0.1) is 0 Å². The highest BCUT2D eigenvalue weighted by atomic mass is 16.6. The van der Waals surface area contributed by atoms with Gasteiger partial charge < -0.3 is 58.2 Å². The first-order valence-electron chi connectivity index (χ1n) is 29.5. The minimum absolute atomic E-state index is 0.124. The predicted octanol–water partition coefficient (Wildman–Crippen LogP) is 10.4. The fourth-order valence-corrected chi connectivity index (χ4v) is 8.36.